The maximum absolute atomic E-state index is 12.3. The maximum Gasteiger partial charge on any atom is 0.410 e. The van der Waals surface area contributed by atoms with E-state index in [0.717, 1.165) is 12.8 Å². The normalized spacial score (nSPS) is 29.1. The van der Waals surface area contributed by atoms with Crippen LogP contribution in [0.1, 0.15) is 12.8 Å². The molecule has 0 aromatic carbocycles. The summed E-state index contributed by atoms with van der Waals surface area (Å²) in [6.45, 7) is 3.61. The minimum Gasteiger partial charge on any atom is -0.447 e. The lowest BCUT2D eigenvalue weighted by molar-refractivity contribution is -0.140. The number of rotatable bonds is 1. The summed E-state index contributed by atoms with van der Waals surface area (Å²) in [5, 5.41) is 0. The highest BCUT2D eigenvalue weighted by Gasteiger charge is 2.39. The molecule has 0 bridgehead atoms. The molecular weight excluding hydrogens is 236 g/mol. The standard InChI is InChI=1S/C12H18N2O4/c15-11(9-1-5-17-6-2-9)13-3-4-14-10(7-13)8-18-12(14)16/h9-10H,1-8H2/t10-/m1/s1. The van der Waals surface area contributed by atoms with E-state index in [1.165, 1.54) is 0 Å². The number of amides is 2. The van der Waals surface area contributed by atoms with Crippen LogP contribution in [0.25, 0.3) is 0 Å². The minimum absolute atomic E-state index is 0.0510. The molecule has 0 aromatic rings. The Morgan fingerprint density at radius 3 is 2.78 bits per heavy atom. The molecule has 100 valence electrons. The third-order valence-corrected chi connectivity index (χ3v) is 4.00. The van der Waals surface area contributed by atoms with Crippen LogP contribution >= 0.6 is 0 Å². The summed E-state index contributed by atoms with van der Waals surface area (Å²) in [7, 11) is 0. The fourth-order valence-corrected chi connectivity index (χ4v) is 2.89. The Hall–Kier alpha value is -1.30. The fourth-order valence-electron chi connectivity index (χ4n) is 2.89. The number of cyclic esters (lactones) is 1. The SMILES string of the molecule is O=C(C1CCOCC1)N1CCN2C(=O)OC[C@H]2C1. The Morgan fingerprint density at radius 2 is 2.00 bits per heavy atom. The molecule has 2 amide bonds. The fraction of sp³-hybridized carbons (Fsp3) is 0.833. The average Bonchev–Trinajstić information content (AvgIpc) is 2.80. The largest absolute Gasteiger partial charge is 0.447 e. The van der Waals surface area contributed by atoms with Crippen LogP contribution in [0.15, 0.2) is 0 Å². The molecule has 6 heteroatoms. The molecule has 0 aliphatic carbocycles. The first kappa shape index (κ1) is 11.8. The summed E-state index contributed by atoms with van der Waals surface area (Å²) in [6, 6.07) is 0.0510. The van der Waals surface area contributed by atoms with E-state index in [1.807, 2.05) is 4.90 Å². The van der Waals surface area contributed by atoms with Gasteiger partial charge in [-0.05, 0) is 12.8 Å². The predicted octanol–water partition coefficient (Wildman–Crippen LogP) is 0.0760. The van der Waals surface area contributed by atoms with Crippen LogP contribution in [0.4, 0.5) is 4.79 Å². The highest BCUT2D eigenvalue weighted by Crippen LogP contribution is 2.22. The van der Waals surface area contributed by atoms with Gasteiger partial charge in [0.1, 0.15) is 6.61 Å². The zero-order valence-corrected chi connectivity index (χ0v) is 10.3. The van der Waals surface area contributed by atoms with Crippen LogP contribution in [0.5, 0.6) is 0 Å². The Morgan fingerprint density at radius 1 is 1.22 bits per heavy atom. The van der Waals surface area contributed by atoms with Gasteiger partial charge in [-0.15, -0.1) is 0 Å². The Kier molecular flexibility index (Phi) is 3.11. The highest BCUT2D eigenvalue weighted by atomic mass is 16.6. The van der Waals surface area contributed by atoms with Crippen LogP contribution in [-0.2, 0) is 14.3 Å². The second-order valence-electron chi connectivity index (χ2n) is 5.10. The summed E-state index contributed by atoms with van der Waals surface area (Å²) in [6.07, 6.45) is 1.40. The van der Waals surface area contributed by atoms with E-state index in [4.69, 9.17) is 9.47 Å². The van der Waals surface area contributed by atoms with E-state index in [0.29, 0.717) is 39.5 Å². The van der Waals surface area contributed by atoms with E-state index in [-0.39, 0.29) is 24.0 Å². The van der Waals surface area contributed by atoms with Gasteiger partial charge in [0, 0.05) is 38.8 Å². The highest BCUT2D eigenvalue weighted by molar-refractivity contribution is 5.79. The van der Waals surface area contributed by atoms with Crippen molar-refractivity contribution in [1.82, 2.24) is 9.80 Å². The van der Waals surface area contributed by atoms with Gasteiger partial charge in [0.05, 0.1) is 6.04 Å². The van der Waals surface area contributed by atoms with Gasteiger partial charge in [-0.1, -0.05) is 0 Å². The monoisotopic (exact) mass is 254 g/mol. The average molecular weight is 254 g/mol. The number of piperazine rings is 1. The molecule has 6 nitrogen and oxygen atoms in total. The number of hydrogen-bond donors (Lipinski definition) is 0. The molecule has 0 spiro atoms. The van der Waals surface area contributed by atoms with E-state index in [2.05, 4.69) is 0 Å². The molecule has 3 aliphatic rings. The van der Waals surface area contributed by atoms with Gasteiger partial charge in [0.25, 0.3) is 0 Å². The summed E-state index contributed by atoms with van der Waals surface area (Å²) in [4.78, 5) is 27.3. The van der Waals surface area contributed by atoms with Crippen LogP contribution in [-0.4, -0.2) is 67.3 Å². The minimum atomic E-state index is -0.238. The zero-order valence-electron chi connectivity index (χ0n) is 10.3. The molecule has 3 fully saturated rings. The second-order valence-corrected chi connectivity index (χ2v) is 5.10. The van der Waals surface area contributed by atoms with Gasteiger partial charge in [0.2, 0.25) is 5.91 Å². The Bertz CT molecular complexity index is 354. The summed E-state index contributed by atoms with van der Waals surface area (Å²) < 4.78 is 10.3. The zero-order chi connectivity index (χ0) is 12.5. The van der Waals surface area contributed by atoms with Gasteiger partial charge in [-0.25, -0.2) is 4.79 Å². The molecule has 0 radical (unpaired) electrons. The van der Waals surface area contributed by atoms with Crippen molar-refractivity contribution < 1.29 is 19.1 Å². The number of fused-ring (bicyclic) bond motifs is 1. The van der Waals surface area contributed by atoms with Crippen molar-refractivity contribution in [2.24, 2.45) is 5.92 Å². The van der Waals surface area contributed by atoms with Gasteiger partial charge in [-0.2, -0.15) is 0 Å². The number of hydrogen-bond acceptors (Lipinski definition) is 4. The summed E-state index contributed by atoms with van der Waals surface area (Å²) in [5.74, 6) is 0.320. The lowest BCUT2D eigenvalue weighted by atomic mass is 9.98. The lowest BCUT2D eigenvalue weighted by Crippen LogP contribution is -2.55. The number of carbonyl (C=O) groups excluding carboxylic acids is 2. The molecule has 18 heavy (non-hydrogen) atoms. The van der Waals surface area contributed by atoms with E-state index >= 15 is 0 Å². The maximum atomic E-state index is 12.3. The summed E-state index contributed by atoms with van der Waals surface area (Å²) in [5.41, 5.74) is 0. The molecule has 1 atom stereocenters. The molecule has 3 heterocycles. The third-order valence-electron chi connectivity index (χ3n) is 4.00. The van der Waals surface area contributed by atoms with Crippen molar-refractivity contribution >= 4 is 12.0 Å². The van der Waals surface area contributed by atoms with Crippen molar-refractivity contribution in [2.45, 2.75) is 18.9 Å². The van der Waals surface area contributed by atoms with Crippen molar-refractivity contribution in [1.29, 1.82) is 0 Å². The van der Waals surface area contributed by atoms with Crippen LogP contribution in [0.3, 0.4) is 0 Å². The smallest absolute Gasteiger partial charge is 0.410 e. The predicted molar refractivity (Wildman–Crippen MR) is 62.0 cm³/mol. The van der Waals surface area contributed by atoms with Gasteiger partial charge in [-0.3, -0.25) is 9.69 Å². The van der Waals surface area contributed by atoms with Crippen molar-refractivity contribution in [3.05, 3.63) is 0 Å². The molecule has 0 N–H and O–H groups in total. The first-order valence-corrected chi connectivity index (χ1v) is 6.55. The number of carbonyl (C=O) groups is 2. The molecule has 0 aromatic heterocycles. The van der Waals surface area contributed by atoms with Crippen molar-refractivity contribution in [2.75, 3.05) is 39.5 Å². The van der Waals surface area contributed by atoms with Crippen molar-refractivity contribution in [3.63, 3.8) is 0 Å². The van der Waals surface area contributed by atoms with E-state index in [9.17, 15) is 9.59 Å². The molecule has 3 aliphatic heterocycles. The summed E-state index contributed by atoms with van der Waals surface area (Å²) >= 11 is 0. The number of ether oxygens (including phenoxy) is 2. The van der Waals surface area contributed by atoms with Crippen LogP contribution in [0.2, 0.25) is 0 Å². The molecule has 3 rings (SSSR count). The molecular formula is C12H18N2O4. The van der Waals surface area contributed by atoms with Gasteiger partial charge >= 0.3 is 6.09 Å². The van der Waals surface area contributed by atoms with E-state index in [1.54, 1.807) is 4.90 Å². The topological polar surface area (TPSA) is 59.1 Å². The Labute approximate surface area is 106 Å². The van der Waals surface area contributed by atoms with Crippen LogP contribution < -0.4 is 0 Å². The quantitative estimate of drug-likeness (QED) is 0.664. The molecule has 0 unspecified atom stereocenters. The number of nitrogens with zero attached hydrogens (tertiary/aromatic N) is 2. The van der Waals surface area contributed by atoms with Gasteiger partial charge < -0.3 is 14.4 Å². The van der Waals surface area contributed by atoms with Crippen molar-refractivity contribution in [3.8, 4) is 0 Å². The molecule has 3 saturated heterocycles. The van der Waals surface area contributed by atoms with Gasteiger partial charge in [0.15, 0.2) is 0 Å². The lowest BCUT2D eigenvalue weighted by Gasteiger charge is -2.37. The second kappa shape index (κ2) is 4.76. The first-order chi connectivity index (χ1) is 8.75. The molecule has 0 saturated carbocycles. The Balaban J connectivity index is 1.60. The third kappa shape index (κ3) is 2.05. The van der Waals surface area contributed by atoms with Crippen LogP contribution in [0, 0.1) is 5.92 Å². The first-order valence-electron chi connectivity index (χ1n) is 6.55. The van der Waals surface area contributed by atoms with E-state index < -0.39 is 0 Å².